The molecule has 156 valence electrons. The molecular formula is C23H24N2O4S. The smallest absolute Gasteiger partial charge is 0.262 e. The zero-order chi connectivity index (χ0) is 21.6. The second-order valence-corrected chi connectivity index (χ2v) is 8.42. The van der Waals surface area contributed by atoms with Gasteiger partial charge in [-0.15, -0.1) is 0 Å². The first kappa shape index (κ1) is 21.4. The van der Waals surface area contributed by atoms with E-state index in [0.29, 0.717) is 11.4 Å². The van der Waals surface area contributed by atoms with Gasteiger partial charge >= 0.3 is 0 Å². The Bertz CT molecular complexity index is 1130. The van der Waals surface area contributed by atoms with Gasteiger partial charge in [-0.3, -0.25) is 9.52 Å². The van der Waals surface area contributed by atoms with Crippen molar-refractivity contribution in [1.82, 2.24) is 0 Å². The normalized spacial score (nSPS) is 11.0. The molecule has 0 aliphatic carbocycles. The van der Waals surface area contributed by atoms with Crippen LogP contribution in [-0.2, 0) is 21.2 Å². The fourth-order valence-electron chi connectivity index (χ4n) is 2.89. The topological polar surface area (TPSA) is 84.5 Å². The molecule has 0 aliphatic rings. The van der Waals surface area contributed by atoms with E-state index in [1.54, 1.807) is 12.1 Å². The summed E-state index contributed by atoms with van der Waals surface area (Å²) >= 11 is 0. The molecule has 1 amide bonds. The van der Waals surface area contributed by atoms with E-state index in [0.717, 1.165) is 23.2 Å². The predicted molar refractivity (Wildman–Crippen MR) is 118 cm³/mol. The van der Waals surface area contributed by atoms with Crippen LogP contribution in [0.3, 0.4) is 0 Å². The van der Waals surface area contributed by atoms with Gasteiger partial charge in [0.1, 0.15) is 5.75 Å². The minimum absolute atomic E-state index is 0.111. The molecular weight excluding hydrogens is 400 g/mol. The lowest BCUT2D eigenvalue weighted by atomic mass is 10.1. The van der Waals surface area contributed by atoms with Crippen LogP contribution in [0.5, 0.6) is 5.75 Å². The number of carbonyl (C=O) groups excluding carboxylic acids is 1. The molecule has 0 atom stereocenters. The number of carbonyl (C=O) groups is 1. The van der Waals surface area contributed by atoms with Gasteiger partial charge < -0.3 is 10.1 Å². The monoisotopic (exact) mass is 424 g/mol. The van der Waals surface area contributed by atoms with E-state index in [9.17, 15) is 13.2 Å². The zero-order valence-electron chi connectivity index (χ0n) is 16.9. The average molecular weight is 425 g/mol. The van der Waals surface area contributed by atoms with Crippen LogP contribution in [0.15, 0.2) is 77.7 Å². The van der Waals surface area contributed by atoms with Crippen LogP contribution in [0.2, 0.25) is 0 Å². The van der Waals surface area contributed by atoms with Crippen molar-refractivity contribution in [3.05, 3.63) is 83.9 Å². The summed E-state index contributed by atoms with van der Waals surface area (Å²) in [4.78, 5) is 12.3. The summed E-state index contributed by atoms with van der Waals surface area (Å²) in [5.74, 6) is 0.123. The quantitative estimate of drug-likeness (QED) is 0.562. The minimum Gasteiger partial charge on any atom is -0.484 e. The van der Waals surface area contributed by atoms with E-state index in [4.69, 9.17) is 4.74 Å². The van der Waals surface area contributed by atoms with Gasteiger partial charge in [0.15, 0.2) is 6.61 Å². The third kappa shape index (κ3) is 5.39. The van der Waals surface area contributed by atoms with Crippen LogP contribution in [0.4, 0.5) is 11.4 Å². The maximum absolute atomic E-state index is 12.6. The molecule has 0 spiro atoms. The lowest BCUT2D eigenvalue weighted by Crippen LogP contribution is -2.21. The Morgan fingerprint density at radius 2 is 1.53 bits per heavy atom. The van der Waals surface area contributed by atoms with Gasteiger partial charge in [-0.2, -0.15) is 0 Å². The fourth-order valence-corrected chi connectivity index (χ4v) is 4.02. The number of ether oxygens (including phenoxy) is 1. The number of benzene rings is 3. The van der Waals surface area contributed by atoms with Crippen molar-refractivity contribution in [3.8, 4) is 5.75 Å². The first-order valence-corrected chi connectivity index (χ1v) is 11.1. The van der Waals surface area contributed by atoms with Gasteiger partial charge in [-0.1, -0.05) is 43.3 Å². The first-order valence-electron chi connectivity index (χ1n) is 9.58. The van der Waals surface area contributed by atoms with Crippen LogP contribution in [0.25, 0.3) is 0 Å². The van der Waals surface area contributed by atoms with Crippen molar-refractivity contribution < 1.29 is 17.9 Å². The molecule has 0 bridgehead atoms. The molecule has 0 fully saturated rings. The number of hydrogen-bond acceptors (Lipinski definition) is 4. The maximum Gasteiger partial charge on any atom is 0.262 e. The number of hydrogen-bond donors (Lipinski definition) is 2. The standard InChI is InChI=1S/C23H24N2O4S/c1-3-18-9-5-7-11-22(18)24-23(26)16-29-19-12-14-20(15-13-19)30(27,28)25-21-10-6-4-8-17(21)2/h4-15,25H,3,16H2,1-2H3,(H,24,26). The van der Waals surface area contributed by atoms with Crippen molar-refractivity contribution in [2.45, 2.75) is 25.2 Å². The average Bonchev–Trinajstić information content (AvgIpc) is 2.74. The Labute approximate surface area is 177 Å². The number of nitrogens with one attached hydrogen (secondary N) is 2. The van der Waals surface area contributed by atoms with Crippen LogP contribution >= 0.6 is 0 Å². The molecule has 7 heteroatoms. The number of para-hydroxylation sites is 2. The highest BCUT2D eigenvalue weighted by atomic mass is 32.2. The molecule has 0 heterocycles. The molecule has 0 aliphatic heterocycles. The van der Waals surface area contributed by atoms with Crippen LogP contribution < -0.4 is 14.8 Å². The highest BCUT2D eigenvalue weighted by Gasteiger charge is 2.15. The lowest BCUT2D eigenvalue weighted by Gasteiger charge is -2.12. The molecule has 0 saturated heterocycles. The Hall–Kier alpha value is -3.32. The molecule has 6 nitrogen and oxygen atoms in total. The largest absolute Gasteiger partial charge is 0.484 e. The summed E-state index contributed by atoms with van der Waals surface area (Å²) < 4.78 is 33.2. The van der Waals surface area contributed by atoms with Crippen molar-refractivity contribution in [1.29, 1.82) is 0 Å². The SMILES string of the molecule is CCc1ccccc1NC(=O)COc1ccc(S(=O)(=O)Nc2ccccc2C)cc1. The van der Waals surface area contributed by atoms with E-state index >= 15 is 0 Å². The van der Waals surface area contributed by atoms with E-state index in [-0.39, 0.29) is 17.4 Å². The van der Waals surface area contributed by atoms with Crippen molar-refractivity contribution in [3.63, 3.8) is 0 Å². The fraction of sp³-hybridized carbons (Fsp3) is 0.174. The molecule has 0 aromatic heterocycles. The molecule has 3 aromatic rings. The molecule has 3 rings (SSSR count). The third-order valence-electron chi connectivity index (χ3n) is 4.57. The highest BCUT2D eigenvalue weighted by Crippen LogP contribution is 2.21. The number of amides is 1. The predicted octanol–water partition coefficient (Wildman–Crippen LogP) is 4.38. The van der Waals surface area contributed by atoms with Gasteiger partial charge in [0.25, 0.3) is 15.9 Å². The van der Waals surface area contributed by atoms with E-state index in [1.165, 1.54) is 24.3 Å². The van der Waals surface area contributed by atoms with E-state index in [1.807, 2.05) is 50.2 Å². The van der Waals surface area contributed by atoms with Gasteiger partial charge in [0.2, 0.25) is 0 Å². The van der Waals surface area contributed by atoms with Gasteiger partial charge in [0, 0.05) is 5.69 Å². The zero-order valence-corrected chi connectivity index (χ0v) is 17.7. The van der Waals surface area contributed by atoms with Crippen molar-refractivity contribution in [2.75, 3.05) is 16.6 Å². The van der Waals surface area contributed by atoms with Crippen LogP contribution in [0, 0.1) is 6.92 Å². The number of aryl methyl sites for hydroxylation is 2. The second kappa shape index (κ2) is 9.45. The maximum atomic E-state index is 12.6. The van der Waals surface area contributed by atoms with E-state index < -0.39 is 10.0 Å². The van der Waals surface area contributed by atoms with Crippen molar-refractivity contribution >= 4 is 27.3 Å². The Morgan fingerprint density at radius 1 is 0.900 bits per heavy atom. The highest BCUT2D eigenvalue weighted by molar-refractivity contribution is 7.92. The third-order valence-corrected chi connectivity index (χ3v) is 5.95. The van der Waals surface area contributed by atoms with Crippen LogP contribution in [0.1, 0.15) is 18.1 Å². The van der Waals surface area contributed by atoms with Gasteiger partial charge in [0.05, 0.1) is 10.6 Å². The van der Waals surface area contributed by atoms with Crippen molar-refractivity contribution in [2.24, 2.45) is 0 Å². The Morgan fingerprint density at radius 3 is 2.20 bits per heavy atom. The molecule has 2 N–H and O–H groups in total. The summed E-state index contributed by atoms with van der Waals surface area (Å²) in [5, 5.41) is 2.83. The van der Waals surface area contributed by atoms with Crippen LogP contribution in [-0.4, -0.2) is 20.9 Å². The molecule has 3 aromatic carbocycles. The first-order chi connectivity index (χ1) is 14.4. The number of sulfonamides is 1. The number of anilines is 2. The molecule has 30 heavy (non-hydrogen) atoms. The Balaban J connectivity index is 1.60. The van der Waals surface area contributed by atoms with Gasteiger partial charge in [-0.25, -0.2) is 8.42 Å². The second-order valence-electron chi connectivity index (χ2n) is 6.74. The lowest BCUT2D eigenvalue weighted by molar-refractivity contribution is -0.118. The summed E-state index contributed by atoms with van der Waals surface area (Å²) in [7, 11) is -3.72. The minimum atomic E-state index is -3.72. The summed E-state index contributed by atoms with van der Waals surface area (Å²) in [6, 6.07) is 20.7. The summed E-state index contributed by atoms with van der Waals surface area (Å²) in [6.07, 6.45) is 0.809. The molecule has 0 saturated carbocycles. The molecule has 0 unspecified atom stereocenters. The Kier molecular flexibility index (Phi) is 6.74. The molecule has 0 radical (unpaired) electrons. The number of rotatable bonds is 8. The van der Waals surface area contributed by atoms with Gasteiger partial charge in [-0.05, 0) is 60.9 Å². The summed E-state index contributed by atoms with van der Waals surface area (Å²) in [6.45, 7) is 3.68. The summed E-state index contributed by atoms with van der Waals surface area (Å²) in [5.41, 5.74) is 3.16. The van der Waals surface area contributed by atoms with E-state index in [2.05, 4.69) is 10.0 Å².